The minimum Gasteiger partial charge on any atom is -0.314 e. The summed E-state index contributed by atoms with van der Waals surface area (Å²) >= 11 is 0. The summed E-state index contributed by atoms with van der Waals surface area (Å²) in [5, 5.41) is 11.9. The van der Waals surface area contributed by atoms with Crippen LogP contribution in [0.2, 0.25) is 0 Å². The van der Waals surface area contributed by atoms with Crippen LogP contribution in [0.15, 0.2) is 17.9 Å². The minimum atomic E-state index is 0.416. The molecule has 2 bridgehead atoms. The van der Waals surface area contributed by atoms with Crippen molar-refractivity contribution in [1.82, 2.24) is 5.32 Å². The molecular weight excluding hydrogens is 232 g/mol. The minimum absolute atomic E-state index is 0.416. The summed E-state index contributed by atoms with van der Waals surface area (Å²) in [6, 6.07) is 0.512. The van der Waals surface area contributed by atoms with E-state index < -0.39 is 0 Å². The summed E-state index contributed by atoms with van der Waals surface area (Å²) in [6.45, 7) is 7.62. The lowest BCUT2D eigenvalue weighted by Crippen LogP contribution is -2.48. The number of hydrogen-bond acceptors (Lipinski definition) is 2. The van der Waals surface area contributed by atoms with Gasteiger partial charge in [-0.25, -0.2) is 0 Å². The predicted octanol–water partition coefficient (Wildman–Crippen LogP) is 3.79. The molecule has 0 amide bonds. The van der Waals surface area contributed by atoms with E-state index >= 15 is 0 Å². The maximum absolute atomic E-state index is 8.23. The molecule has 0 aromatic heterocycles. The molecule has 1 fully saturated rings. The maximum atomic E-state index is 8.23. The summed E-state index contributed by atoms with van der Waals surface area (Å²) in [4.78, 5) is 0. The van der Waals surface area contributed by atoms with Crippen molar-refractivity contribution in [2.45, 2.75) is 52.5 Å². The average Bonchev–Trinajstić information content (AvgIpc) is 2.35. The summed E-state index contributed by atoms with van der Waals surface area (Å²) in [7, 11) is 0. The highest BCUT2D eigenvalue weighted by Crippen LogP contribution is 2.44. The van der Waals surface area contributed by atoms with E-state index in [1.165, 1.54) is 19.3 Å². The van der Waals surface area contributed by atoms with E-state index in [1.54, 1.807) is 0 Å². The van der Waals surface area contributed by atoms with Gasteiger partial charge in [0, 0.05) is 17.7 Å². The first-order valence-electron chi connectivity index (χ1n) is 7.84. The lowest BCUT2D eigenvalue weighted by molar-refractivity contribution is 0.121. The second-order valence-electron chi connectivity index (χ2n) is 6.30. The highest BCUT2D eigenvalue weighted by molar-refractivity contribution is 5.82. The number of fused-ring (bicyclic) bond motifs is 3. The van der Waals surface area contributed by atoms with Gasteiger partial charge in [0.05, 0.1) is 0 Å². The first-order chi connectivity index (χ1) is 9.15. The topological polar surface area (TPSA) is 35.9 Å². The summed E-state index contributed by atoms with van der Waals surface area (Å²) in [5.74, 6) is 2.28. The third kappa shape index (κ3) is 3.19. The van der Waals surface area contributed by atoms with Crippen LogP contribution < -0.4 is 5.32 Å². The Hall–Kier alpha value is -0.850. The smallest absolute Gasteiger partial charge is 0.00986 e. The monoisotopic (exact) mass is 260 g/mol. The van der Waals surface area contributed by atoms with Crippen molar-refractivity contribution in [2.75, 3.05) is 6.54 Å². The molecule has 2 heteroatoms. The van der Waals surface area contributed by atoms with Gasteiger partial charge in [0.2, 0.25) is 0 Å². The molecule has 3 rings (SSSR count). The molecule has 1 saturated carbocycles. The highest BCUT2D eigenvalue weighted by Gasteiger charge is 2.42. The SMILES string of the molecule is CCCNC(C)C1C(C(C)=N)[C@@H]2C=C=CC[C@H]1CC2. The van der Waals surface area contributed by atoms with E-state index in [0.29, 0.717) is 23.8 Å². The van der Waals surface area contributed by atoms with Gasteiger partial charge in [-0.05, 0) is 76.0 Å². The molecule has 106 valence electrons. The average molecular weight is 260 g/mol. The van der Waals surface area contributed by atoms with E-state index in [-0.39, 0.29) is 0 Å². The van der Waals surface area contributed by atoms with Gasteiger partial charge in [0.15, 0.2) is 0 Å². The number of allylic oxidation sites excluding steroid dienone is 1. The molecule has 19 heavy (non-hydrogen) atoms. The molecule has 0 aliphatic heterocycles. The predicted molar refractivity (Wildman–Crippen MR) is 81.6 cm³/mol. The van der Waals surface area contributed by atoms with Crippen molar-refractivity contribution >= 4 is 5.71 Å². The fourth-order valence-corrected chi connectivity index (χ4v) is 4.07. The Morgan fingerprint density at radius 2 is 2.26 bits per heavy atom. The van der Waals surface area contributed by atoms with Crippen LogP contribution in [0.5, 0.6) is 0 Å². The standard InChI is InChI=1S/C17H28N2/c1-4-11-19-13(3)17-15-8-6-5-7-14(9-10-15)16(17)12(2)18/h6-7,13-19H,4,8-11H2,1-3H3/t5?,13?,14-,15+,16?,17?/m1/s1. The molecule has 3 aliphatic rings. The first kappa shape index (κ1) is 14.6. The summed E-state index contributed by atoms with van der Waals surface area (Å²) in [6.07, 6.45) is 9.31. The van der Waals surface area contributed by atoms with Crippen LogP contribution in [0.1, 0.15) is 46.5 Å². The van der Waals surface area contributed by atoms with Crippen LogP contribution in [0.4, 0.5) is 0 Å². The van der Waals surface area contributed by atoms with Gasteiger partial charge < -0.3 is 10.7 Å². The molecule has 3 aliphatic carbocycles. The second kappa shape index (κ2) is 6.54. The molecule has 2 N–H and O–H groups in total. The Morgan fingerprint density at radius 1 is 1.47 bits per heavy atom. The van der Waals surface area contributed by atoms with Crippen LogP contribution in [0.25, 0.3) is 0 Å². The third-order valence-corrected chi connectivity index (χ3v) is 4.93. The fourth-order valence-electron chi connectivity index (χ4n) is 4.07. The number of hydrogen-bond donors (Lipinski definition) is 2. The Kier molecular flexibility index (Phi) is 5.01. The quantitative estimate of drug-likeness (QED) is 0.572. The van der Waals surface area contributed by atoms with E-state index in [2.05, 4.69) is 37.0 Å². The van der Waals surface area contributed by atoms with E-state index in [9.17, 15) is 0 Å². The lowest BCUT2D eigenvalue weighted by Gasteiger charge is -2.45. The number of rotatable bonds is 5. The van der Waals surface area contributed by atoms with Crippen LogP contribution >= 0.6 is 0 Å². The molecule has 3 unspecified atom stereocenters. The highest BCUT2D eigenvalue weighted by atomic mass is 14.9. The normalized spacial score (nSPS) is 34.9. The van der Waals surface area contributed by atoms with Gasteiger partial charge in [-0.1, -0.05) is 6.92 Å². The molecule has 0 heterocycles. The molecule has 0 spiro atoms. The van der Waals surface area contributed by atoms with Crippen LogP contribution in [0, 0.1) is 29.1 Å². The molecule has 0 radical (unpaired) electrons. The van der Waals surface area contributed by atoms with Gasteiger partial charge in [0.25, 0.3) is 0 Å². The Labute approximate surface area is 117 Å². The third-order valence-electron chi connectivity index (χ3n) is 4.93. The zero-order chi connectivity index (χ0) is 13.8. The van der Waals surface area contributed by atoms with Crippen molar-refractivity contribution in [3.05, 3.63) is 17.9 Å². The van der Waals surface area contributed by atoms with Crippen LogP contribution in [-0.4, -0.2) is 18.3 Å². The number of nitrogens with one attached hydrogen (secondary N) is 2. The van der Waals surface area contributed by atoms with Gasteiger partial charge >= 0.3 is 0 Å². The van der Waals surface area contributed by atoms with E-state index in [1.807, 2.05) is 6.92 Å². The molecule has 0 aromatic rings. The van der Waals surface area contributed by atoms with Crippen molar-refractivity contribution in [3.8, 4) is 0 Å². The van der Waals surface area contributed by atoms with Crippen LogP contribution in [-0.2, 0) is 0 Å². The van der Waals surface area contributed by atoms with Gasteiger partial charge in [-0.3, -0.25) is 0 Å². The zero-order valence-electron chi connectivity index (χ0n) is 12.6. The molecule has 5 atom stereocenters. The maximum Gasteiger partial charge on any atom is 0.00986 e. The van der Waals surface area contributed by atoms with Gasteiger partial charge in [-0.2, -0.15) is 0 Å². The molecule has 2 nitrogen and oxygen atoms in total. The van der Waals surface area contributed by atoms with Gasteiger partial charge in [0.1, 0.15) is 0 Å². The lowest BCUT2D eigenvalue weighted by atomic mass is 9.61. The van der Waals surface area contributed by atoms with Crippen molar-refractivity contribution in [3.63, 3.8) is 0 Å². The zero-order valence-corrected chi connectivity index (χ0v) is 12.6. The summed E-state index contributed by atoms with van der Waals surface area (Å²) < 4.78 is 0. The van der Waals surface area contributed by atoms with E-state index in [0.717, 1.165) is 24.6 Å². The molecular formula is C17H28N2. The first-order valence-corrected chi connectivity index (χ1v) is 7.84. The second-order valence-corrected chi connectivity index (χ2v) is 6.30. The Bertz CT molecular complexity index is 379. The van der Waals surface area contributed by atoms with E-state index in [4.69, 9.17) is 5.41 Å². The van der Waals surface area contributed by atoms with Crippen LogP contribution in [0.3, 0.4) is 0 Å². The molecule has 0 saturated heterocycles. The molecule has 0 aromatic carbocycles. The van der Waals surface area contributed by atoms with Crippen molar-refractivity contribution in [1.29, 1.82) is 5.41 Å². The fraction of sp³-hybridized carbons (Fsp3) is 0.765. The van der Waals surface area contributed by atoms with Gasteiger partial charge in [-0.15, -0.1) is 5.73 Å². The Balaban J connectivity index is 2.23. The van der Waals surface area contributed by atoms with Crippen molar-refractivity contribution < 1.29 is 0 Å². The summed E-state index contributed by atoms with van der Waals surface area (Å²) in [5.41, 5.74) is 4.20. The van der Waals surface area contributed by atoms with Crippen molar-refractivity contribution in [2.24, 2.45) is 23.7 Å². The Morgan fingerprint density at radius 3 is 2.95 bits per heavy atom. The largest absolute Gasteiger partial charge is 0.314 e.